The molecule has 8 heteroatoms. The van der Waals surface area contributed by atoms with E-state index in [0.29, 0.717) is 49.7 Å². The predicted octanol–water partition coefficient (Wildman–Crippen LogP) is 8.98. The molecule has 3 aromatic rings. The Balaban J connectivity index is 0.000000491. The van der Waals surface area contributed by atoms with Gasteiger partial charge in [-0.3, -0.25) is 20.2 Å². The molecule has 1 aromatic carbocycles. The summed E-state index contributed by atoms with van der Waals surface area (Å²) in [4.78, 5) is 18.1. The molecule has 0 bridgehead atoms. The van der Waals surface area contributed by atoms with Crippen molar-refractivity contribution >= 4 is 46.3 Å². The number of halogens is 2. The number of pyridine rings is 1. The lowest BCUT2D eigenvalue weighted by Crippen LogP contribution is -2.53. The van der Waals surface area contributed by atoms with Crippen LogP contribution in [0.5, 0.6) is 0 Å². The molecule has 0 atom stereocenters. The fourth-order valence-electron chi connectivity index (χ4n) is 5.33. The van der Waals surface area contributed by atoms with E-state index in [1.165, 1.54) is 25.6 Å². The van der Waals surface area contributed by atoms with Crippen molar-refractivity contribution in [1.29, 1.82) is 10.8 Å². The van der Waals surface area contributed by atoms with Gasteiger partial charge in [0.05, 0.1) is 21.8 Å². The number of hydrogen-bond donors (Lipinski definition) is 3. The first kappa shape index (κ1) is 32.0. The number of H-pyrrole nitrogens is 1. The molecule has 0 saturated heterocycles. The average Bonchev–Trinajstić information content (AvgIpc) is 3.65. The van der Waals surface area contributed by atoms with Crippen LogP contribution in [0.1, 0.15) is 91.8 Å². The Morgan fingerprint density at radius 3 is 2.27 bits per heavy atom. The van der Waals surface area contributed by atoms with E-state index < -0.39 is 5.41 Å². The highest BCUT2D eigenvalue weighted by Gasteiger charge is 2.63. The number of fused-ring (bicyclic) bond motifs is 1. The summed E-state index contributed by atoms with van der Waals surface area (Å²) >= 11 is 13.0. The third kappa shape index (κ3) is 6.03. The fourth-order valence-corrected chi connectivity index (χ4v) is 6.04. The molecule has 1 spiro atoms. The Labute approximate surface area is 249 Å². The zero-order valence-electron chi connectivity index (χ0n) is 25.3. The number of likely N-dealkylation sites (N-methyl/N-ethyl adjacent to an activating group) is 1. The average molecular weight is 587 g/mol. The van der Waals surface area contributed by atoms with Gasteiger partial charge in [-0.15, -0.1) is 0 Å². The molecule has 2 fully saturated rings. The molecule has 0 amide bonds. The third-order valence-electron chi connectivity index (χ3n) is 8.33. The van der Waals surface area contributed by atoms with Crippen LogP contribution in [0.25, 0.3) is 16.6 Å². The van der Waals surface area contributed by atoms with Gasteiger partial charge in [0.15, 0.2) is 0 Å². The minimum atomic E-state index is -0.443. The summed E-state index contributed by atoms with van der Waals surface area (Å²) in [7, 11) is 1.75. The van der Waals surface area contributed by atoms with Gasteiger partial charge < -0.3 is 9.88 Å². The normalized spacial score (nSPS) is 16.2. The van der Waals surface area contributed by atoms with Crippen LogP contribution in [0.4, 0.5) is 0 Å². The third-order valence-corrected chi connectivity index (χ3v) is 9.03. The predicted molar refractivity (Wildman–Crippen MR) is 171 cm³/mol. The second kappa shape index (κ2) is 12.1. The summed E-state index contributed by atoms with van der Waals surface area (Å²) in [6.07, 6.45) is 8.96. The molecule has 3 N–H and O–H groups in total. The molecular formula is C32H45Cl2N5O. The number of nitrogens with one attached hydrogen (secondary N) is 3. The van der Waals surface area contributed by atoms with E-state index in [2.05, 4.69) is 32.7 Å². The maximum Gasteiger partial charge on any atom is 0.279 e. The van der Waals surface area contributed by atoms with Gasteiger partial charge in [-0.25, -0.2) is 0 Å². The van der Waals surface area contributed by atoms with Gasteiger partial charge in [0, 0.05) is 30.0 Å². The molecule has 2 aliphatic carbocycles. The fraction of sp³-hybridized carbons (Fsp3) is 0.531. The number of aryl methyl sites for hydroxylation is 1. The largest absolute Gasteiger partial charge is 0.353 e. The molecule has 5 rings (SSSR count). The molecule has 2 aromatic heterocycles. The van der Waals surface area contributed by atoms with Gasteiger partial charge in [-0.1, -0.05) is 90.2 Å². The molecule has 2 aliphatic rings. The van der Waals surface area contributed by atoms with Crippen molar-refractivity contribution in [2.24, 2.45) is 10.8 Å². The Bertz CT molecular complexity index is 1430. The molecule has 0 aliphatic heterocycles. The van der Waals surface area contributed by atoms with Gasteiger partial charge in [-0.05, 0) is 60.6 Å². The molecule has 0 radical (unpaired) electrons. The number of aromatic nitrogens is 2. The van der Waals surface area contributed by atoms with Gasteiger partial charge in [0.2, 0.25) is 0 Å². The second-order valence-electron chi connectivity index (χ2n) is 12.2. The topological polar surface area (TPSA) is 88.7 Å². The van der Waals surface area contributed by atoms with Crippen LogP contribution in [-0.2, 0) is 11.8 Å². The summed E-state index contributed by atoms with van der Waals surface area (Å²) < 4.78 is 1.55. The van der Waals surface area contributed by atoms with E-state index >= 15 is 0 Å². The van der Waals surface area contributed by atoms with Crippen LogP contribution >= 0.6 is 23.2 Å². The van der Waals surface area contributed by atoms with Gasteiger partial charge >= 0.3 is 0 Å². The van der Waals surface area contributed by atoms with Gasteiger partial charge in [-0.2, -0.15) is 0 Å². The van der Waals surface area contributed by atoms with Crippen LogP contribution < -0.4 is 5.56 Å². The number of benzene rings is 1. The van der Waals surface area contributed by atoms with Gasteiger partial charge in [0.25, 0.3) is 5.56 Å². The van der Waals surface area contributed by atoms with Crippen LogP contribution in [0, 0.1) is 21.6 Å². The number of amidine groups is 1. The van der Waals surface area contributed by atoms with Crippen molar-refractivity contribution in [3.05, 3.63) is 62.1 Å². The van der Waals surface area contributed by atoms with Crippen LogP contribution in [0.15, 0.2) is 35.3 Å². The van der Waals surface area contributed by atoms with E-state index in [-0.39, 0.29) is 5.56 Å². The smallest absolute Gasteiger partial charge is 0.279 e. The van der Waals surface area contributed by atoms with Crippen molar-refractivity contribution in [1.82, 2.24) is 14.5 Å². The molecule has 2 saturated carbocycles. The van der Waals surface area contributed by atoms with Crippen molar-refractivity contribution in [2.45, 2.75) is 92.4 Å². The van der Waals surface area contributed by atoms with Crippen molar-refractivity contribution in [3.63, 3.8) is 0 Å². The lowest BCUT2D eigenvalue weighted by molar-refractivity contribution is 0.174. The first-order chi connectivity index (χ1) is 18.8. The first-order valence-corrected chi connectivity index (χ1v) is 15.1. The molecule has 0 unspecified atom stereocenters. The standard InChI is InChI=1S/C24H25Cl2N5O.C6H14.C2H6/c1-3-17-19(26)18-16(25)10-31(21(32)20(18)29-17)15-6-4-5-14(9-15)24(22(28)30(2)13-27)11-23(12-24)7-8-23;1-5-6(2,3)4;1-2/h4-6,9-10,13,27-29H,3,7-8,11-12H2,1-2H3;5H2,1-4H3;1-2H3. The Hall–Kier alpha value is -2.57. The second-order valence-corrected chi connectivity index (χ2v) is 12.9. The Morgan fingerprint density at radius 1 is 1.18 bits per heavy atom. The minimum absolute atomic E-state index is 0.212. The molecule has 6 nitrogen and oxygen atoms in total. The lowest BCUT2D eigenvalue weighted by Gasteiger charge is -2.50. The number of aromatic amines is 1. The summed E-state index contributed by atoms with van der Waals surface area (Å²) in [5.41, 5.74) is 3.11. The molecule has 218 valence electrons. The first-order valence-electron chi connectivity index (χ1n) is 14.4. The molecule has 40 heavy (non-hydrogen) atoms. The zero-order valence-corrected chi connectivity index (χ0v) is 26.8. The quantitative estimate of drug-likeness (QED) is 0.206. The number of rotatable bonds is 5. The summed E-state index contributed by atoms with van der Waals surface area (Å²) in [6, 6.07) is 7.81. The van der Waals surface area contributed by atoms with E-state index in [1.807, 2.05) is 45.0 Å². The van der Waals surface area contributed by atoms with E-state index in [4.69, 9.17) is 34.0 Å². The highest BCUT2D eigenvalue weighted by Crippen LogP contribution is 2.69. The summed E-state index contributed by atoms with van der Waals surface area (Å²) in [5, 5.41) is 17.9. The maximum atomic E-state index is 13.3. The van der Waals surface area contributed by atoms with Crippen LogP contribution in [-0.4, -0.2) is 33.7 Å². The van der Waals surface area contributed by atoms with Crippen molar-refractivity contribution in [3.8, 4) is 5.69 Å². The maximum absolute atomic E-state index is 13.3. The van der Waals surface area contributed by atoms with E-state index in [9.17, 15) is 4.79 Å². The highest BCUT2D eigenvalue weighted by atomic mass is 35.5. The monoisotopic (exact) mass is 585 g/mol. The highest BCUT2D eigenvalue weighted by molar-refractivity contribution is 6.42. The summed E-state index contributed by atoms with van der Waals surface area (Å²) in [6.45, 7) is 14.9. The minimum Gasteiger partial charge on any atom is -0.353 e. The number of nitrogens with zero attached hydrogens (tertiary/aromatic N) is 2. The van der Waals surface area contributed by atoms with E-state index in [0.717, 1.165) is 24.1 Å². The van der Waals surface area contributed by atoms with Gasteiger partial charge in [0.1, 0.15) is 11.4 Å². The van der Waals surface area contributed by atoms with Crippen molar-refractivity contribution < 1.29 is 0 Å². The SMILES string of the molecule is CC.CCC(C)(C)C.CCc1[nH]c2c(=O)n(-c3cccc(C4(C(=N)N(C)C=N)CC5(CC5)C4)c3)cc(Cl)c2c1Cl. The Morgan fingerprint density at radius 2 is 1.77 bits per heavy atom. The van der Waals surface area contributed by atoms with Crippen LogP contribution in [0.3, 0.4) is 0 Å². The van der Waals surface area contributed by atoms with Crippen LogP contribution in [0.2, 0.25) is 10.0 Å². The van der Waals surface area contributed by atoms with E-state index in [1.54, 1.807) is 22.7 Å². The lowest BCUT2D eigenvalue weighted by atomic mass is 9.55. The van der Waals surface area contributed by atoms with Crippen molar-refractivity contribution in [2.75, 3.05) is 7.05 Å². The Kier molecular flexibility index (Phi) is 9.68. The molecular weight excluding hydrogens is 541 g/mol. The summed E-state index contributed by atoms with van der Waals surface area (Å²) in [5.74, 6) is 0.423. The zero-order chi connectivity index (χ0) is 30.0. The number of hydrogen-bond acceptors (Lipinski definition) is 3. The molecule has 2 heterocycles.